The fourth-order valence-electron chi connectivity index (χ4n) is 17.1. The Morgan fingerprint density at radius 3 is 1.73 bits per heavy atom. The zero-order valence-corrected chi connectivity index (χ0v) is 78.3. The van der Waals surface area contributed by atoms with Gasteiger partial charge in [-0.3, -0.25) is 86.3 Å². The standard InChI is InChI=1S/C92H134N22O21/c1-11-13-25-71-85(128)102-62(35-50(3)4)82(125)108-69(80(123)99-45-76(96)118)44-97-46-77(119)100-65(37-53-29-31-56(115)32-30-53)88(131)109(8)52(7)79(122)104-67(41-75(95)117)90(133)113-34-20-28-72(113)86(129)107-68(42-94)84(127)105-64(36-51(5)6)91(134)114-48-57(116)40-74(114)87(130)103-63(38-54-43-98-60-23-17-15-21-58(54)60)83(126)101-61(24-19-33-93)81(124)106-66(89(132)111(10)73(26-14-12-2)92(135)110(71)9)39-55-47-112(49-78(120)121)70-27-18-16-22-59(55)70/h15-18,21-23,27,29-32,43,47,50-52,57,61-69,71-74,97-98,115-116H,11-14,19-20,24-26,28,33-42,44-46,48-49,93-94H2,1-10H3,(H2,95,117)(H2,96,118)(H,99,123)(H,100,119)(H,101,126)(H,102,128)(H,103,130)(H,104,122)(H,105,127)(H,106,124)(H,107,129)(H,108,125)(H,120,121)/t52-,57+,61-,62?,63-,64-,65-,66-,67-,68-,69-,71-,72-,73-,74-/m0/s1. The van der Waals surface area contributed by atoms with Crippen molar-refractivity contribution < 1.29 is 102 Å². The Kier molecular flexibility index (Phi) is 40.3. The van der Waals surface area contributed by atoms with E-state index in [0.717, 1.165) is 24.5 Å². The first-order valence-corrected chi connectivity index (χ1v) is 46.0. The number of benzene rings is 3. The number of carbonyl (C=O) groups excluding carboxylic acids is 17. The molecule has 8 rings (SSSR count). The molecule has 0 bridgehead atoms. The lowest BCUT2D eigenvalue weighted by atomic mass is 9.99. The van der Waals surface area contributed by atoms with Crippen LogP contribution < -0.4 is 81.4 Å². The number of likely N-dealkylation sites (N-methyl/N-ethyl adjacent to an activating group) is 3. The number of unbranched alkanes of at least 4 members (excludes halogenated alkanes) is 2. The Morgan fingerprint density at radius 2 is 1.08 bits per heavy atom. The van der Waals surface area contributed by atoms with Gasteiger partial charge in [0.25, 0.3) is 0 Å². The number of H-pyrrole nitrogens is 1. The summed E-state index contributed by atoms with van der Waals surface area (Å²) in [5.74, 6) is -18.0. The summed E-state index contributed by atoms with van der Waals surface area (Å²) in [6, 6.07) is -2.22. The van der Waals surface area contributed by atoms with E-state index in [-0.39, 0.29) is 108 Å². The number of aliphatic carboxylic acids is 1. The van der Waals surface area contributed by atoms with Crippen LogP contribution in [0.25, 0.3) is 21.8 Å². The molecule has 3 saturated heterocycles. The molecule has 5 heterocycles. The first-order chi connectivity index (χ1) is 64.1. The van der Waals surface area contributed by atoms with Crippen LogP contribution in [-0.4, -0.2) is 313 Å². The summed E-state index contributed by atoms with van der Waals surface area (Å²) in [4.78, 5) is 271. The van der Waals surface area contributed by atoms with Gasteiger partial charge in [0.1, 0.15) is 96.9 Å². The number of fused-ring (bicyclic) bond motifs is 4. The molecule has 135 heavy (non-hydrogen) atoms. The Labute approximate surface area is 783 Å². The number of para-hydroxylation sites is 2. The van der Waals surface area contributed by atoms with E-state index in [1.165, 1.54) is 63.1 Å². The number of phenolic OH excluding ortho intramolecular Hbond substituents is 1. The number of aromatic hydroxyl groups is 1. The lowest BCUT2D eigenvalue weighted by molar-refractivity contribution is -0.149. The summed E-state index contributed by atoms with van der Waals surface area (Å²) >= 11 is 0. The van der Waals surface area contributed by atoms with Crippen LogP contribution in [0.1, 0.15) is 155 Å². The van der Waals surface area contributed by atoms with Gasteiger partial charge < -0.3 is 131 Å². The van der Waals surface area contributed by atoms with Gasteiger partial charge >= 0.3 is 5.97 Å². The number of nitrogens with two attached hydrogens (primary N) is 4. The second kappa shape index (κ2) is 50.8. The van der Waals surface area contributed by atoms with E-state index in [1.807, 2.05) is 13.8 Å². The van der Waals surface area contributed by atoms with Crippen molar-refractivity contribution in [1.29, 1.82) is 0 Å². The van der Waals surface area contributed by atoms with Crippen molar-refractivity contribution in [3.05, 3.63) is 102 Å². The average Bonchev–Trinajstić information content (AvgIpc) is 1.59. The van der Waals surface area contributed by atoms with Gasteiger partial charge in [0, 0.05) is 107 Å². The van der Waals surface area contributed by atoms with Crippen molar-refractivity contribution in [3.63, 3.8) is 0 Å². The molecule has 0 aliphatic carbocycles. The monoisotopic (exact) mass is 1880 g/mol. The van der Waals surface area contributed by atoms with Gasteiger partial charge in [0.05, 0.1) is 25.6 Å². The third-order valence-corrected chi connectivity index (χ3v) is 24.4. The van der Waals surface area contributed by atoms with Crippen LogP contribution in [0.3, 0.4) is 0 Å². The summed E-state index contributed by atoms with van der Waals surface area (Å²) in [5.41, 5.74) is 25.8. The van der Waals surface area contributed by atoms with E-state index in [2.05, 4.69) is 63.5 Å². The zero-order chi connectivity index (χ0) is 99.4. The third kappa shape index (κ3) is 29.9. The van der Waals surface area contributed by atoms with Gasteiger partial charge in [-0.15, -0.1) is 0 Å². The lowest BCUT2D eigenvalue weighted by Gasteiger charge is -2.36. The number of aromatic nitrogens is 2. The third-order valence-electron chi connectivity index (χ3n) is 24.4. The number of nitrogens with zero attached hydrogens (tertiary/aromatic N) is 6. The molecule has 3 aliphatic heterocycles. The summed E-state index contributed by atoms with van der Waals surface area (Å²) in [6.45, 7) is 8.19. The normalized spacial score (nSPS) is 24.9. The highest BCUT2D eigenvalue weighted by Crippen LogP contribution is 2.29. The molecule has 738 valence electrons. The number of hydrogen-bond acceptors (Lipinski definition) is 23. The molecule has 43 nitrogen and oxygen atoms in total. The minimum atomic E-state index is -1.77. The number of aliphatic hydroxyl groups excluding tert-OH is 1. The second-order valence-electron chi connectivity index (χ2n) is 35.8. The summed E-state index contributed by atoms with van der Waals surface area (Å²) in [5, 5.41) is 62.2. The van der Waals surface area contributed by atoms with E-state index in [1.54, 1.807) is 82.4 Å². The number of carboxylic acids is 1. The number of aliphatic hydroxyl groups is 1. The molecule has 0 saturated carbocycles. The number of primary amides is 2. The Morgan fingerprint density at radius 1 is 0.533 bits per heavy atom. The maximum atomic E-state index is 16.0. The minimum absolute atomic E-state index is 0.00253. The smallest absolute Gasteiger partial charge is 0.323 e. The fourth-order valence-corrected chi connectivity index (χ4v) is 17.1. The van der Waals surface area contributed by atoms with Gasteiger partial charge in [0.2, 0.25) is 100 Å². The van der Waals surface area contributed by atoms with Gasteiger partial charge in [-0.1, -0.05) is 116 Å². The van der Waals surface area contributed by atoms with Crippen molar-refractivity contribution in [2.45, 2.75) is 255 Å². The highest BCUT2D eigenvalue weighted by Gasteiger charge is 2.47. The average molecular weight is 1880 g/mol. The Hall–Kier alpha value is -13.2. The molecule has 43 heteroatoms. The Bertz CT molecular complexity index is 5060. The van der Waals surface area contributed by atoms with Crippen LogP contribution in [0.15, 0.2) is 85.2 Å². The SMILES string of the molecule is CCCC[C@H]1C(=O)N(C)[C@@H](CCCC)C(=O)NC(CC(C)C)C(=O)N[C@H](C(=O)NCC(N)=O)CNCC(=O)N[C@@H](Cc2ccc(O)cc2)C(=O)N(C)[C@@H](C)C(=O)N[C@@H](CC(N)=O)C(=O)N2CCC[C@H]2C(=O)N[C@@H](CN)C(=O)N[C@@H](CC(C)C)C(=O)N2C[C@H](O)C[C@H]2C(=O)N[C@@H](Cc2c[nH]c3ccccc23)C(=O)N[C@@H](CCCN)C(=O)N[C@@H](Cc2cn(CC(=O)O)c3ccccc23)C(=O)N1C. The van der Waals surface area contributed by atoms with Crippen molar-refractivity contribution in [3.8, 4) is 5.75 Å². The van der Waals surface area contributed by atoms with Crippen molar-refractivity contribution >= 4 is 128 Å². The predicted octanol–water partition coefficient (Wildman–Crippen LogP) is -2.99. The number of hydrogen-bond donors (Lipinski definition) is 19. The van der Waals surface area contributed by atoms with Gasteiger partial charge in [-0.25, -0.2) is 0 Å². The van der Waals surface area contributed by atoms with Crippen LogP contribution in [0.2, 0.25) is 0 Å². The summed E-state index contributed by atoms with van der Waals surface area (Å²) in [6.07, 6.45) is 1.13. The van der Waals surface area contributed by atoms with E-state index in [9.17, 15) is 68.1 Å². The van der Waals surface area contributed by atoms with Crippen molar-refractivity contribution in [1.82, 2.24) is 92.5 Å². The molecule has 3 fully saturated rings. The highest BCUT2D eigenvalue weighted by molar-refractivity contribution is 6.03. The van der Waals surface area contributed by atoms with Crippen LogP contribution in [0, 0.1) is 11.8 Å². The maximum Gasteiger partial charge on any atom is 0.323 e. The number of carbonyl (C=O) groups is 18. The van der Waals surface area contributed by atoms with Crippen molar-refractivity contribution in [2.75, 3.05) is 67.0 Å². The summed E-state index contributed by atoms with van der Waals surface area (Å²) < 4.78 is 1.45. The molecule has 0 radical (unpaired) electrons. The summed E-state index contributed by atoms with van der Waals surface area (Å²) in [7, 11) is 3.91. The molecule has 1 unspecified atom stereocenters. The number of carboxylic acid groups (broad SMARTS) is 1. The molecule has 3 aromatic carbocycles. The minimum Gasteiger partial charge on any atom is -0.508 e. The fraction of sp³-hybridized carbons (Fsp3) is 0.565. The predicted molar refractivity (Wildman–Crippen MR) is 495 cm³/mol. The molecular weight excluding hydrogens is 1750 g/mol. The highest BCUT2D eigenvalue weighted by atomic mass is 16.4. The Balaban J connectivity index is 1.21. The van der Waals surface area contributed by atoms with Crippen LogP contribution in [-0.2, 0) is 112 Å². The largest absolute Gasteiger partial charge is 0.508 e. The first-order valence-electron chi connectivity index (χ1n) is 46.0. The van der Waals surface area contributed by atoms with Crippen LogP contribution >= 0.6 is 0 Å². The number of rotatable bonds is 27. The molecule has 5 aromatic rings. The second-order valence-corrected chi connectivity index (χ2v) is 35.8. The molecule has 3 aliphatic rings. The van der Waals surface area contributed by atoms with E-state index >= 15 is 33.6 Å². The number of amides is 17. The first kappa shape index (κ1) is 107. The lowest BCUT2D eigenvalue weighted by Crippen LogP contribution is -2.61. The topological polar surface area (TPSA) is 641 Å². The van der Waals surface area contributed by atoms with E-state index in [4.69, 9.17) is 22.9 Å². The molecule has 15 atom stereocenters. The maximum absolute atomic E-state index is 16.0. The van der Waals surface area contributed by atoms with Crippen LogP contribution in [0.4, 0.5) is 0 Å². The molecular formula is C92H134N22O21. The number of aromatic amines is 1. The van der Waals surface area contributed by atoms with E-state index in [0.29, 0.717) is 64.2 Å². The molecule has 2 aromatic heterocycles. The van der Waals surface area contributed by atoms with E-state index < -0.39 is 243 Å². The zero-order valence-electron chi connectivity index (χ0n) is 78.3. The molecule has 17 amide bonds. The van der Waals surface area contributed by atoms with Gasteiger partial charge in [-0.2, -0.15) is 0 Å². The number of phenols is 1. The molecule has 0 spiro atoms. The van der Waals surface area contributed by atoms with Crippen molar-refractivity contribution in [2.24, 2.45) is 34.8 Å². The quantitative estimate of drug-likeness (QED) is 0.0249. The van der Waals surface area contributed by atoms with Gasteiger partial charge in [-0.05, 0) is 118 Å². The van der Waals surface area contributed by atoms with Gasteiger partial charge in [0.15, 0.2) is 0 Å². The molecule has 23 N–H and O–H groups in total. The van der Waals surface area contributed by atoms with Crippen LogP contribution in [0.5, 0.6) is 5.75 Å². The number of nitrogens with one attached hydrogen (secondary N) is 12.